The number of aliphatic carboxylic acids is 2. The van der Waals surface area contributed by atoms with Crippen LogP contribution < -0.4 is 10.5 Å². The Hall–Kier alpha value is -2.73. The van der Waals surface area contributed by atoms with E-state index in [4.69, 9.17) is 5.11 Å². The maximum atomic E-state index is 12.7. The zero-order chi connectivity index (χ0) is 16.6. The molecule has 0 unspecified atom stereocenters. The number of rotatable bonds is 4. The Bertz CT molecular complexity index is 1000. The molecule has 0 spiro atoms. The second-order valence-electron chi connectivity index (χ2n) is 5.18. The lowest BCUT2D eigenvalue weighted by atomic mass is 10.0. The van der Waals surface area contributed by atoms with Crippen LogP contribution in [0, 0.1) is 0 Å². The maximum absolute atomic E-state index is 12.7. The number of hydrogen-bond donors (Lipinski definition) is 1. The van der Waals surface area contributed by atoms with Crippen molar-refractivity contribution in [2.45, 2.75) is 12.8 Å². The fraction of sp³-hybridized carbons (Fsp3) is 0.118. The smallest absolute Gasteiger partial charge is 0.307 e. The van der Waals surface area contributed by atoms with Gasteiger partial charge in [-0.25, -0.2) is 0 Å². The van der Waals surface area contributed by atoms with E-state index < -0.39 is 11.9 Å². The second kappa shape index (κ2) is 5.81. The first-order chi connectivity index (χ1) is 11.0. The SMILES string of the molecule is O=C([O-])Cc1cc(CC(=O)O)c2sc3ccccc3c(=O)c2c1. The third-order valence-electron chi connectivity index (χ3n) is 3.50. The van der Waals surface area contributed by atoms with Gasteiger partial charge in [0.05, 0.1) is 6.42 Å². The van der Waals surface area contributed by atoms with E-state index in [0.29, 0.717) is 26.6 Å². The van der Waals surface area contributed by atoms with Gasteiger partial charge in [-0.15, -0.1) is 11.3 Å². The molecule has 1 N–H and O–H groups in total. The number of carboxylic acid groups (broad SMARTS) is 2. The number of benzene rings is 2. The highest BCUT2D eigenvalue weighted by Crippen LogP contribution is 2.29. The molecule has 0 saturated heterocycles. The fourth-order valence-electron chi connectivity index (χ4n) is 2.61. The van der Waals surface area contributed by atoms with Crippen LogP contribution in [-0.4, -0.2) is 17.0 Å². The highest BCUT2D eigenvalue weighted by atomic mass is 32.1. The van der Waals surface area contributed by atoms with Gasteiger partial charge < -0.3 is 15.0 Å². The van der Waals surface area contributed by atoms with Gasteiger partial charge >= 0.3 is 5.97 Å². The van der Waals surface area contributed by atoms with E-state index in [-0.39, 0.29) is 18.3 Å². The van der Waals surface area contributed by atoms with Gasteiger partial charge in [-0.2, -0.15) is 0 Å². The Balaban J connectivity index is 2.39. The number of hydrogen-bond acceptors (Lipinski definition) is 5. The highest BCUT2D eigenvalue weighted by molar-refractivity contribution is 7.24. The predicted octanol–water partition coefficient (Wildman–Crippen LogP) is 1.33. The van der Waals surface area contributed by atoms with Gasteiger partial charge in [0.15, 0.2) is 5.43 Å². The monoisotopic (exact) mass is 327 g/mol. The van der Waals surface area contributed by atoms with Gasteiger partial charge in [0, 0.05) is 32.6 Å². The second-order valence-corrected chi connectivity index (χ2v) is 6.23. The molecule has 23 heavy (non-hydrogen) atoms. The number of carbonyl (C=O) groups is 2. The van der Waals surface area contributed by atoms with Crippen LogP contribution in [0.1, 0.15) is 11.1 Å². The molecule has 0 aliphatic carbocycles. The van der Waals surface area contributed by atoms with Crippen LogP contribution in [0.2, 0.25) is 0 Å². The van der Waals surface area contributed by atoms with Gasteiger partial charge in [-0.1, -0.05) is 18.2 Å². The molecule has 0 bridgehead atoms. The molecule has 5 nitrogen and oxygen atoms in total. The Morgan fingerprint density at radius 2 is 1.83 bits per heavy atom. The fourth-order valence-corrected chi connectivity index (χ4v) is 3.77. The summed E-state index contributed by atoms with van der Waals surface area (Å²) in [6, 6.07) is 10.1. The third kappa shape index (κ3) is 2.93. The molecule has 0 atom stereocenters. The molecule has 0 aliphatic heterocycles. The molecular weight excluding hydrogens is 316 g/mol. The van der Waals surface area contributed by atoms with E-state index in [2.05, 4.69) is 0 Å². The lowest BCUT2D eigenvalue weighted by Crippen LogP contribution is -2.24. The van der Waals surface area contributed by atoms with E-state index in [1.165, 1.54) is 23.5 Å². The average Bonchev–Trinajstić information content (AvgIpc) is 2.47. The lowest BCUT2D eigenvalue weighted by Gasteiger charge is -2.10. The number of carbonyl (C=O) groups excluding carboxylic acids is 1. The van der Waals surface area contributed by atoms with Crippen LogP contribution in [-0.2, 0) is 22.4 Å². The first-order valence-corrected chi connectivity index (χ1v) is 7.66. The summed E-state index contributed by atoms with van der Waals surface area (Å²) in [4.78, 5) is 34.6. The summed E-state index contributed by atoms with van der Waals surface area (Å²) in [6.45, 7) is 0. The average molecular weight is 327 g/mol. The molecule has 0 aliphatic rings. The number of fused-ring (bicyclic) bond motifs is 2. The normalized spacial score (nSPS) is 11.0. The van der Waals surface area contributed by atoms with Crippen molar-refractivity contribution in [3.05, 3.63) is 57.7 Å². The van der Waals surface area contributed by atoms with Gasteiger partial charge in [-0.05, 0) is 29.3 Å². The lowest BCUT2D eigenvalue weighted by molar-refractivity contribution is -0.304. The topological polar surface area (TPSA) is 94.5 Å². The summed E-state index contributed by atoms with van der Waals surface area (Å²) in [5, 5.41) is 20.8. The van der Waals surface area contributed by atoms with Crippen molar-refractivity contribution in [1.29, 1.82) is 0 Å². The Kier molecular flexibility index (Phi) is 3.83. The molecule has 3 aromatic rings. The van der Waals surface area contributed by atoms with Crippen molar-refractivity contribution in [3.8, 4) is 0 Å². The van der Waals surface area contributed by atoms with Crippen LogP contribution in [0.25, 0.3) is 20.2 Å². The van der Waals surface area contributed by atoms with Crippen molar-refractivity contribution in [2.75, 3.05) is 0 Å². The minimum Gasteiger partial charge on any atom is -0.550 e. The molecular formula is C17H11O5S-. The minimum absolute atomic E-state index is 0.221. The van der Waals surface area contributed by atoms with E-state index in [1.54, 1.807) is 18.2 Å². The first-order valence-electron chi connectivity index (χ1n) is 6.84. The highest BCUT2D eigenvalue weighted by Gasteiger charge is 2.13. The molecule has 1 heterocycles. The predicted molar refractivity (Wildman–Crippen MR) is 85.7 cm³/mol. The Morgan fingerprint density at radius 3 is 2.52 bits per heavy atom. The largest absolute Gasteiger partial charge is 0.550 e. The van der Waals surface area contributed by atoms with E-state index in [9.17, 15) is 19.5 Å². The van der Waals surface area contributed by atoms with Crippen LogP contribution in [0.3, 0.4) is 0 Å². The first kappa shape index (κ1) is 15.2. The summed E-state index contributed by atoms with van der Waals surface area (Å²) in [7, 11) is 0. The van der Waals surface area contributed by atoms with E-state index in [0.717, 1.165) is 4.70 Å². The molecule has 0 amide bonds. The van der Waals surface area contributed by atoms with Crippen molar-refractivity contribution in [1.82, 2.24) is 0 Å². The third-order valence-corrected chi connectivity index (χ3v) is 4.77. The molecule has 3 rings (SSSR count). The molecule has 0 fully saturated rings. The number of carboxylic acids is 2. The minimum atomic E-state index is -1.28. The quantitative estimate of drug-likeness (QED) is 0.730. The van der Waals surface area contributed by atoms with Gasteiger partial charge in [0.2, 0.25) is 0 Å². The Morgan fingerprint density at radius 1 is 1.09 bits per heavy atom. The van der Waals surface area contributed by atoms with Crippen LogP contribution in [0.4, 0.5) is 0 Å². The molecule has 116 valence electrons. The summed E-state index contributed by atoms with van der Waals surface area (Å²) in [6.07, 6.45) is -0.634. The van der Waals surface area contributed by atoms with Crippen molar-refractivity contribution in [3.63, 3.8) is 0 Å². The standard InChI is InChI=1S/C17H12O5S/c18-14(19)7-9-5-10(8-15(20)21)17-12(6-9)16(22)11-3-1-2-4-13(11)23-17/h1-6H,7-8H2,(H,18,19)(H,20,21)/p-1. The van der Waals surface area contributed by atoms with Crippen molar-refractivity contribution < 1.29 is 19.8 Å². The molecule has 2 aromatic carbocycles. The van der Waals surface area contributed by atoms with Crippen molar-refractivity contribution >= 4 is 43.4 Å². The van der Waals surface area contributed by atoms with E-state index >= 15 is 0 Å². The van der Waals surface area contributed by atoms with E-state index in [1.807, 2.05) is 6.07 Å². The summed E-state index contributed by atoms with van der Waals surface area (Å²) >= 11 is 1.34. The van der Waals surface area contributed by atoms with Crippen molar-refractivity contribution in [2.24, 2.45) is 0 Å². The maximum Gasteiger partial charge on any atom is 0.307 e. The molecule has 0 saturated carbocycles. The van der Waals surface area contributed by atoms with Gasteiger partial charge in [0.1, 0.15) is 0 Å². The molecule has 6 heteroatoms. The Labute approximate surface area is 134 Å². The van der Waals surface area contributed by atoms with Gasteiger partial charge in [-0.3, -0.25) is 9.59 Å². The van der Waals surface area contributed by atoms with Crippen LogP contribution >= 0.6 is 11.3 Å². The summed E-state index contributed by atoms with van der Waals surface area (Å²) in [5.74, 6) is -2.31. The zero-order valence-corrected chi connectivity index (χ0v) is 12.7. The molecule has 0 radical (unpaired) electrons. The summed E-state index contributed by atoms with van der Waals surface area (Å²) < 4.78 is 1.35. The summed E-state index contributed by atoms with van der Waals surface area (Å²) in [5.41, 5.74) is 0.591. The molecule has 1 aromatic heterocycles. The van der Waals surface area contributed by atoms with Gasteiger partial charge in [0.25, 0.3) is 0 Å². The zero-order valence-electron chi connectivity index (χ0n) is 11.9. The van der Waals surface area contributed by atoms with Crippen LogP contribution in [0.5, 0.6) is 0 Å². The van der Waals surface area contributed by atoms with Crippen LogP contribution in [0.15, 0.2) is 41.2 Å².